The molecule has 0 amide bonds. The number of aromatic nitrogens is 2. The van der Waals surface area contributed by atoms with E-state index in [2.05, 4.69) is 15.3 Å². The van der Waals surface area contributed by atoms with Gasteiger partial charge in [-0.25, -0.2) is 13.4 Å². The van der Waals surface area contributed by atoms with Crippen molar-refractivity contribution < 1.29 is 13.2 Å². The number of ether oxygens (including phenoxy) is 1. The predicted octanol–water partition coefficient (Wildman–Crippen LogP) is -0.380. The highest BCUT2D eigenvalue weighted by molar-refractivity contribution is 7.89. The zero-order valence-electron chi connectivity index (χ0n) is 11.2. The van der Waals surface area contributed by atoms with Gasteiger partial charge >= 0.3 is 0 Å². The molecular formula is C12H18N4O3S. The lowest BCUT2D eigenvalue weighted by molar-refractivity contribution is -0.105. The average Bonchev–Trinajstić information content (AvgIpc) is 2.49. The molecule has 0 unspecified atom stereocenters. The maximum Gasteiger partial charge on any atom is 0.262 e. The van der Waals surface area contributed by atoms with Gasteiger partial charge in [0.15, 0.2) is 5.03 Å². The van der Waals surface area contributed by atoms with E-state index in [0.717, 1.165) is 25.9 Å². The van der Waals surface area contributed by atoms with E-state index in [9.17, 15) is 8.42 Å². The van der Waals surface area contributed by atoms with Crippen molar-refractivity contribution in [3.63, 3.8) is 0 Å². The normalized spacial score (nSPS) is 23.8. The summed E-state index contributed by atoms with van der Waals surface area (Å²) >= 11 is 0. The quantitative estimate of drug-likeness (QED) is 0.801. The molecule has 20 heavy (non-hydrogen) atoms. The summed E-state index contributed by atoms with van der Waals surface area (Å²) in [5.74, 6) is 0. The van der Waals surface area contributed by atoms with Gasteiger partial charge in [0.25, 0.3) is 10.0 Å². The SMILES string of the molecule is O=S(=O)(c1cnccn1)N1CCOC2(CCNCC2)C1. The van der Waals surface area contributed by atoms with Gasteiger partial charge in [0, 0.05) is 25.5 Å². The summed E-state index contributed by atoms with van der Waals surface area (Å²) in [6.45, 7) is 2.92. The monoisotopic (exact) mass is 298 g/mol. The van der Waals surface area contributed by atoms with Crippen LogP contribution in [-0.2, 0) is 14.8 Å². The lowest BCUT2D eigenvalue weighted by atomic mass is 9.91. The molecule has 0 radical (unpaired) electrons. The van der Waals surface area contributed by atoms with Crippen LogP contribution in [0.25, 0.3) is 0 Å². The molecule has 2 fully saturated rings. The summed E-state index contributed by atoms with van der Waals surface area (Å²) in [7, 11) is -3.58. The molecule has 1 aromatic heterocycles. The minimum Gasteiger partial charge on any atom is -0.372 e. The maximum absolute atomic E-state index is 12.6. The minimum absolute atomic E-state index is 0.00554. The Kier molecular flexibility index (Phi) is 3.72. The lowest BCUT2D eigenvalue weighted by Gasteiger charge is -2.44. The van der Waals surface area contributed by atoms with Crippen molar-refractivity contribution in [3.8, 4) is 0 Å². The van der Waals surface area contributed by atoms with Crippen molar-refractivity contribution in [2.24, 2.45) is 0 Å². The van der Waals surface area contributed by atoms with Crippen LogP contribution in [0.15, 0.2) is 23.6 Å². The van der Waals surface area contributed by atoms with Gasteiger partial charge in [-0.2, -0.15) is 4.31 Å². The number of rotatable bonds is 2. The van der Waals surface area contributed by atoms with Crippen molar-refractivity contribution in [2.45, 2.75) is 23.5 Å². The number of sulfonamides is 1. The molecule has 1 N–H and O–H groups in total. The molecule has 0 bridgehead atoms. The molecule has 0 atom stereocenters. The largest absolute Gasteiger partial charge is 0.372 e. The zero-order valence-corrected chi connectivity index (χ0v) is 12.0. The van der Waals surface area contributed by atoms with Crippen LogP contribution in [0.2, 0.25) is 0 Å². The molecule has 0 aromatic carbocycles. The molecule has 7 nitrogen and oxygen atoms in total. The summed E-state index contributed by atoms with van der Waals surface area (Å²) in [4.78, 5) is 7.75. The molecule has 8 heteroatoms. The van der Waals surface area contributed by atoms with Crippen molar-refractivity contribution in [1.82, 2.24) is 19.6 Å². The van der Waals surface area contributed by atoms with E-state index < -0.39 is 10.0 Å². The molecule has 2 saturated heterocycles. The molecule has 0 aliphatic carbocycles. The molecular weight excluding hydrogens is 280 g/mol. The Labute approximate surface area is 118 Å². The zero-order chi connectivity index (χ0) is 14.1. The fourth-order valence-electron chi connectivity index (χ4n) is 2.75. The number of morpholine rings is 1. The summed E-state index contributed by atoms with van der Waals surface area (Å²) in [6.07, 6.45) is 5.82. The van der Waals surface area contributed by atoms with Crippen LogP contribution in [0.5, 0.6) is 0 Å². The third-order valence-corrected chi connectivity index (χ3v) is 5.60. The van der Waals surface area contributed by atoms with Gasteiger partial charge in [0.2, 0.25) is 0 Å². The Balaban J connectivity index is 1.83. The first kappa shape index (κ1) is 13.9. The van der Waals surface area contributed by atoms with Gasteiger partial charge in [-0.05, 0) is 25.9 Å². The van der Waals surface area contributed by atoms with Crippen LogP contribution in [0.3, 0.4) is 0 Å². The van der Waals surface area contributed by atoms with Crippen molar-refractivity contribution in [1.29, 1.82) is 0 Å². The fraction of sp³-hybridized carbons (Fsp3) is 0.667. The highest BCUT2D eigenvalue weighted by Crippen LogP contribution is 2.29. The van der Waals surface area contributed by atoms with E-state index in [1.54, 1.807) is 0 Å². The molecule has 0 saturated carbocycles. The Morgan fingerprint density at radius 2 is 2.10 bits per heavy atom. The molecule has 2 aliphatic heterocycles. The van der Waals surface area contributed by atoms with E-state index in [0.29, 0.717) is 19.7 Å². The van der Waals surface area contributed by atoms with Crippen LogP contribution in [0.1, 0.15) is 12.8 Å². The van der Waals surface area contributed by atoms with Gasteiger partial charge in [-0.1, -0.05) is 0 Å². The summed E-state index contributed by atoms with van der Waals surface area (Å²) in [5.41, 5.74) is -0.348. The van der Waals surface area contributed by atoms with Crippen LogP contribution in [0.4, 0.5) is 0 Å². The smallest absolute Gasteiger partial charge is 0.262 e. The molecule has 2 aliphatic rings. The fourth-order valence-corrected chi connectivity index (χ4v) is 4.12. The van der Waals surface area contributed by atoms with Gasteiger partial charge in [-0.15, -0.1) is 0 Å². The first-order valence-electron chi connectivity index (χ1n) is 6.73. The molecule has 1 aromatic rings. The van der Waals surface area contributed by atoms with E-state index in [4.69, 9.17) is 4.74 Å². The van der Waals surface area contributed by atoms with Crippen LogP contribution in [-0.4, -0.2) is 61.1 Å². The van der Waals surface area contributed by atoms with Crippen molar-refractivity contribution in [2.75, 3.05) is 32.8 Å². The third kappa shape index (κ3) is 2.56. The first-order valence-corrected chi connectivity index (χ1v) is 8.17. The topological polar surface area (TPSA) is 84.4 Å². The highest BCUT2D eigenvalue weighted by atomic mass is 32.2. The van der Waals surface area contributed by atoms with E-state index in [1.165, 1.54) is 22.9 Å². The van der Waals surface area contributed by atoms with Gasteiger partial charge < -0.3 is 10.1 Å². The second-order valence-electron chi connectivity index (χ2n) is 5.16. The summed E-state index contributed by atoms with van der Waals surface area (Å²) in [5, 5.41) is 3.28. The standard InChI is InChI=1S/C12H18N4O3S/c17-20(18,11-9-14-5-6-15-11)16-7-8-19-12(10-16)1-3-13-4-2-12/h5-6,9,13H,1-4,7-8,10H2. The number of nitrogens with zero attached hydrogens (tertiary/aromatic N) is 3. The Morgan fingerprint density at radius 1 is 1.30 bits per heavy atom. The minimum atomic E-state index is -3.58. The van der Waals surface area contributed by atoms with Crippen molar-refractivity contribution in [3.05, 3.63) is 18.6 Å². The number of hydrogen-bond donors (Lipinski definition) is 1. The van der Waals surface area contributed by atoms with E-state index in [-0.39, 0.29) is 10.6 Å². The van der Waals surface area contributed by atoms with Crippen LogP contribution < -0.4 is 5.32 Å². The third-order valence-electron chi connectivity index (χ3n) is 3.87. The summed E-state index contributed by atoms with van der Waals surface area (Å²) in [6, 6.07) is 0. The molecule has 110 valence electrons. The Bertz CT molecular complexity index is 552. The molecule has 3 rings (SSSR count). The second-order valence-corrected chi connectivity index (χ2v) is 7.05. The van der Waals surface area contributed by atoms with Crippen molar-refractivity contribution >= 4 is 10.0 Å². The Morgan fingerprint density at radius 3 is 2.80 bits per heavy atom. The molecule has 3 heterocycles. The number of hydrogen-bond acceptors (Lipinski definition) is 6. The average molecular weight is 298 g/mol. The van der Waals surface area contributed by atoms with Crippen LogP contribution in [0, 0.1) is 0 Å². The van der Waals surface area contributed by atoms with Gasteiger partial charge in [0.05, 0.1) is 18.4 Å². The van der Waals surface area contributed by atoms with Gasteiger partial charge in [-0.3, -0.25) is 4.98 Å². The first-order chi connectivity index (χ1) is 9.62. The molecule has 1 spiro atoms. The van der Waals surface area contributed by atoms with Gasteiger partial charge in [0.1, 0.15) is 0 Å². The lowest BCUT2D eigenvalue weighted by Crippen LogP contribution is -2.57. The second kappa shape index (κ2) is 5.36. The van der Waals surface area contributed by atoms with Crippen LogP contribution >= 0.6 is 0 Å². The number of nitrogens with one attached hydrogen (secondary N) is 1. The number of piperidine rings is 1. The van der Waals surface area contributed by atoms with E-state index >= 15 is 0 Å². The Hall–Kier alpha value is -1.09. The highest BCUT2D eigenvalue weighted by Gasteiger charge is 2.42. The maximum atomic E-state index is 12.6. The van der Waals surface area contributed by atoms with E-state index in [1.807, 2.05) is 0 Å². The predicted molar refractivity (Wildman–Crippen MR) is 71.6 cm³/mol. The summed E-state index contributed by atoms with van der Waals surface area (Å²) < 4.78 is 32.5.